The molecule has 0 aliphatic heterocycles. The molecule has 7 N–H and O–H groups in total. The second-order valence-electron chi connectivity index (χ2n) is 7.52. The number of anilines is 2. The lowest BCUT2D eigenvalue weighted by atomic mass is 10.0. The van der Waals surface area contributed by atoms with E-state index < -0.39 is 7.59 Å². The zero-order valence-corrected chi connectivity index (χ0v) is 20.0. The van der Waals surface area contributed by atoms with Crippen molar-refractivity contribution in [1.29, 1.82) is 0 Å². The van der Waals surface area contributed by atoms with Gasteiger partial charge in [0.05, 0.1) is 23.6 Å². The number of thiazole rings is 1. The number of aliphatic hydroxyl groups is 1. The average Bonchev–Trinajstić information content (AvgIpc) is 3.08. The summed E-state index contributed by atoms with van der Waals surface area (Å²) < 4.78 is 12.4. The summed E-state index contributed by atoms with van der Waals surface area (Å²) in [5.74, 6) is 0.939. The van der Waals surface area contributed by atoms with Crippen molar-refractivity contribution in [3.8, 4) is 0 Å². The molecule has 2 atom stereocenters. The standard InChI is InChI=1S/C18H27N8O2PS2/c1-10(2)8-12(9-27)22-15-14-16(25-18(31-14)26-29(19,20)28)24-17(23-15)30-11(3)13-6-4-5-7-21-13/h4-7,10-12,27H,8-9H2,1-3H3,(H6,19,20,22,23,24,25,26,28)/t11?,12-/m1/s1. The molecular weight excluding hydrogens is 455 g/mol. The average molecular weight is 483 g/mol. The molecule has 0 amide bonds. The summed E-state index contributed by atoms with van der Waals surface area (Å²) in [6.07, 6.45) is 2.51. The van der Waals surface area contributed by atoms with Crippen molar-refractivity contribution in [2.45, 2.75) is 43.6 Å². The van der Waals surface area contributed by atoms with Crippen LogP contribution in [0, 0.1) is 5.92 Å². The molecule has 0 radical (unpaired) electrons. The first kappa shape index (κ1) is 23.8. The van der Waals surface area contributed by atoms with Crippen LogP contribution in [0.1, 0.15) is 38.1 Å². The van der Waals surface area contributed by atoms with Gasteiger partial charge in [-0.25, -0.2) is 9.97 Å². The Labute approximate surface area is 189 Å². The Morgan fingerprint density at radius 2 is 2.00 bits per heavy atom. The molecule has 31 heavy (non-hydrogen) atoms. The number of aliphatic hydroxyl groups excluding tert-OH is 1. The summed E-state index contributed by atoms with van der Waals surface area (Å²) in [5, 5.41) is 16.5. The van der Waals surface area contributed by atoms with Gasteiger partial charge in [0.25, 0.3) is 7.59 Å². The SMILES string of the molecule is CC(C)C[C@H](CO)Nc1nc(SC(C)c2ccccn2)nc2nc(NP(N)(N)=O)sc12. The number of fused-ring (bicyclic) bond motifs is 1. The normalized spacial score (nSPS) is 14.0. The first-order valence-electron chi connectivity index (χ1n) is 9.73. The number of nitrogens with two attached hydrogens (primary N) is 2. The number of nitrogens with one attached hydrogen (secondary N) is 2. The van der Waals surface area contributed by atoms with Gasteiger partial charge in [-0.3, -0.25) is 25.6 Å². The van der Waals surface area contributed by atoms with Crippen LogP contribution >= 0.6 is 30.7 Å². The van der Waals surface area contributed by atoms with Crippen molar-refractivity contribution in [3.05, 3.63) is 30.1 Å². The van der Waals surface area contributed by atoms with E-state index in [9.17, 15) is 9.67 Å². The van der Waals surface area contributed by atoms with Gasteiger partial charge in [-0.1, -0.05) is 43.0 Å². The van der Waals surface area contributed by atoms with Crippen LogP contribution in [0.5, 0.6) is 0 Å². The Morgan fingerprint density at radius 1 is 1.23 bits per heavy atom. The van der Waals surface area contributed by atoms with Gasteiger partial charge < -0.3 is 10.4 Å². The van der Waals surface area contributed by atoms with Crippen LogP contribution in [0.3, 0.4) is 0 Å². The van der Waals surface area contributed by atoms with Crippen molar-refractivity contribution >= 4 is 52.0 Å². The molecule has 0 saturated heterocycles. The molecule has 0 aliphatic carbocycles. The van der Waals surface area contributed by atoms with Crippen LogP contribution in [-0.2, 0) is 4.57 Å². The van der Waals surface area contributed by atoms with E-state index in [4.69, 9.17) is 11.0 Å². The summed E-state index contributed by atoms with van der Waals surface area (Å²) in [7, 11) is -3.51. The maximum Gasteiger partial charge on any atom is 0.299 e. The number of rotatable bonds is 10. The molecule has 0 spiro atoms. The van der Waals surface area contributed by atoms with Gasteiger partial charge in [-0.05, 0) is 31.4 Å². The van der Waals surface area contributed by atoms with E-state index in [0.717, 1.165) is 12.1 Å². The molecule has 1 unspecified atom stereocenters. The quantitative estimate of drug-likeness (QED) is 0.163. The molecule has 13 heteroatoms. The Morgan fingerprint density at radius 3 is 2.61 bits per heavy atom. The van der Waals surface area contributed by atoms with E-state index in [-0.39, 0.29) is 17.9 Å². The van der Waals surface area contributed by atoms with Gasteiger partial charge in [0.2, 0.25) is 0 Å². The van der Waals surface area contributed by atoms with Gasteiger partial charge in [0.1, 0.15) is 4.70 Å². The summed E-state index contributed by atoms with van der Waals surface area (Å²) in [6.45, 7) is 6.16. The monoisotopic (exact) mass is 482 g/mol. The maximum atomic E-state index is 11.8. The van der Waals surface area contributed by atoms with Crippen LogP contribution < -0.4 is 21.4 Å². The van der Waals surface area contributed by atoms with Gasteiger partial charge in [-0.2, -0.15) is 4.98 Å². The maximum absolute atomic E-state index is 11.8. The second kappa shape index (κ2) is 10.2. The fourth-order valence-corrected chi connectivity index (χ4v) is 5.46. The predicted molar refractivity (Wildman–Crippen MR) is 127 cm³/mol. The molecule has 0 bridgehead atoms. The molecular formula is C18H27N8O2PS2. The fraction of sp³-hybridized carbons (Fsp3) is 0.444. The van der Waals surface area contributed by atoms with Crippen LogP contribution in [0.2, 0.25) is 0 Å². The summed E-state index contributed by atoms with van der Waals surface area (Å²) in [6, 6.07) is 5.57. The molecule has 0 aliphatic rings. The highest BCUT2D eigenvalue weighted by Gasteiger charge is 2.21. The van der Waals surface area contributed by atoms with Crippen LogP contribution in [0.4, 0.5) is 10.9 Å². The first-order valence-corrected chi connectivity index (χ1v) is 13.3. The molecule has 3 rings (SSSR count). The van der Waals surface area contributed by atoms with Crippen molar-refractivity contribution in [2.75, 3.05) is 17.0 Å². The topological polar surface area (TPSA) is 165 Å². The molecule has 168 valence electrons. The predicted octanol–water partition coefficient (Wildman–Crippen LogP) is 3.59. The Kier molecular flexibility index (Phi) is 7.84. The van der Waals surface area contributed by atoms with Crippen LogP contribution in [0.15, 0.2) is 29.6 Å². The third kappa shape index (κ3) is 6.83. The van der Waals surface area contributed by atoms with Crippen molar-refractivity contribution in [3.63, 3.8) is 0 Å². The summed E-state index contributed by atoms with van der Waals surface area (Å²) >= 11 is 2.65. The van der Waals surface area contributed by atoms with Crippen LogP contribution in [0.25, 0.3) is 10.3 Å². The Hall–Kier alpha value is -1.82. The molecule has 0 aromatic carbocycles. The van der Waals surface area contributed by atoms with E-state index in [2.05, 4.69) is 44.2 Å². The number of hydrogen-bond acceptors (Lipinski definition) is 9. The molecule has 0 fully saturated rings. The number of aromatic nitrogens is 4. The minimum absolute atomic E-state index is 0.0142. The van der Waals surface area contributed by atoms with Gasteiger partial charge in [0.15, 0.2) is 21.8 Å². The van der Waals surface area contributed by atoms with Gasteiger partial charge in [-0.15, -0.1) is 0 Å². The largest absolute Gasteiger partial charge is 0.394 e. The number of nitrogens with zero attached hydrogens (tertiary/aromatic N) is 4. The van der Waals surface area contributed by atoms with Gasteiger partial charge in [0, 0.05) is 6.20 Å². The fourth-order valence-electron chi connectivity index (χ4n) is 2.93. The lowest BCUT2D eigenvalue weighted by molar-refractivity contribution is 0.259. The molecule has 3 aromatic heterocycles. The van der Waals surface area contributed by atoms with E-state index in [1.165, 1.54) is 23.1 Å². The highest BCUT2D eigenvalue weighted by Crippen LogP contribution is 2.39. The summed E-state index contributed by atoms with van der Waals surface area (Å²) in [4.78, 5) is 18.0. The number of pyridine rings is 1. The Balaban J connectivity index is 1.97. The van der Waals surface area contributed by atoms with Crippen molar-refractivity contribution in [1.82, 2.24) is 19.9 Å². The van der Waals surface area contributed by atoms with E-state index in [1.807, 2.05) is 25.1 Å². The summed E-state index contributed by atoms with van der Waals surface area (Å²) in [5.41, 5.74) is 12.2. The molecule has 3 aromatic rings. The van der Waals surface area contributed by atoms with E-state index in [0.29, 0.717) is 32.4 Å². The lowest BCUT2D eigenvalue weighted by Gasteiger charge is -2.19. The molecule has 0 saturated carbocycles. The zero-order valence-electron chi connectivity index (χ0n) is 17.5. The van der Waals surface area contributed by atoms with Crippen molar-refractivity contribution in [2.24, 2.45) is 16.9 Å². The minimum atomic E-state index is -3.51. The number of thioether (sulfide) groups is 1. The smallest absolute Gasteiger partial charge is 0.299 e. The third-order valence-corrected chi connectivity index (χ3v) is 6.88. The molecule has 3 heterocycles. The third-order valence-electron chi connectivity index (χ3n) is 4.21. The molecule has 10 nitrogen and oxygen atoms in total. The minimum Gasteiger partial charge on any atom is -0.394 e. The van der Waals surface area contributed by atoms with Crippen LogP contribution in [-0.4, -0.2) is 37.7 Å². The lowest BCUT2D eigenvalue weighted by Crippen LogP contribution is -2.26. The second-order valence-corrected chi connectivity index (χ2v) is 11.5. The Bertz CT molecular complexity index is 1060. The highest BCUT2D eigenvalue weighted by atomic mass is 32.2. The van der Waals surface area contributed by atoms with Gasteiger partial charge >= 0.3 is 0 Å². The number of hydrogen-bond donors (Lipinski definition) is 5. The van der Waals surface area contributed by atoms with E-state index >= 15 is 0 Å². The van der Waals surface area contributed by atoms with E-state index in [1.54, 1.807) is 6.20 Å². The highest BCUT2D eigenvalue weighted by molar-refractivity contribution is 7.99. The van der Waals surface area contributed by atoms with Crippen molar-refractivity contribution < 1.29 is 9.67 Å². The first-order chi connectivity index (χ1) is 14.6. The zero-order chi connectivity index (χ0) is 22.6.